The number of amides is 1. The van der Waals surface area contributed by atoms with Crippen molar-refractivity contribution < 1.29 is 28.2 Å². The Labute approximate surface area is 399 Å². The Bertz CT molecular complexity index is 2410. The van der Waals surface area contributed by atoms with E-state index in [4.69, 9.17) is 14.5 Å². The number of nitrogens with zero attached hydrogens (tertiary/aromatic N) is 2. The Morgan fingerprint density at radius 1 is 0.791 bits per heavy atom. The van der Waals surface area contributed by atoms with E-state index in [9.17, 15) is 14.0 Å². The molecule has 8 nitrogen and oxygen atoms in total. The quantitative estimate of drug-likeness (QED) is 0.169. The van der Waals surface area contributed by atoms with Crippen LogP contribution in [-0.2, 0) is 30.5 Å². The number of esters is 2. The molecule has 2 aromatic carbocycles. The van der Waals surface area contributed by atoms with Crippen LogP contribution in [0.2, 0.25) is 0 Å². The van der Waals surface area contributed by atoms with Crippen LogP contribution in [0.15, 0.2) is 72.9 Å². The van der Waals surface area contributed by atoms with Gasteiger partial charge in [0.1, 0.15) is 24.4 Å². The van der Waals surface area contributed by atoms with Gasteiger partial charge in [-0.05, 0) is 177 Å². The third-order valence-electron chi connectivity index (χ3n) is 21.3. The molecule has 1 aliphatic heterocycles. The number of benzene rings is 2. The lowest BCUT2D eigenvalue weighted by Crippen LogP contribution is -2.67. The number of ether oxygens (including phenoxy) is 2. The summed E-state index contributed by atoms with van der Waals surface area (Å²) in [6.07, 6.45) is 14.3. The van der Waals surface area contributed by atoms with E-state index >= 15 is 4.79 Å². The van der Waals surface area contributed by atoms with Crippen molar-refractivity contribution in [2.75, 3.05) is 6.54 Å². The van der Waals surface area contributed by atoms with Gasteiger partial charge in [0.15, 0.2) is 0 Å². The van der Waals surface area contributed by atoms with Gasteiger partial charge >= 0.3 is 11.9 Å². The van der Waals surface area contributed by atoms with E-state index in [0.29, 0.717) is 36.0 Å². The number of nitrogens with one attached hydrogen (secondary N) is 1. The fourth-order valence-electron chi connectivity index (χ4n) is 17.3. The minimum absolute atomic E-state index is 0.0773. The number of hydrogen-bond acceptors (Lipinski definition) is 6. The zero-order chi connectivity index (χ0) is 47.5. The monoisotopic (exact) mass is 914 g/mol. The first-order valence-corrected chi connectivity index (χ1v) is 25.9. The molecular weight excluding hydrogens is 838 g/mol. The number of allylic oxidation sites excluding steroid dienone is 1. The van der Waals surface area contributed by atoms with Crippen molar-refractivity contribution in [1.29, 1.82) is 0 Å². The van der Waals surface area contributed by atoms with Crippen LogP contribution in [0, 0.1) is 79.7 Å². The second-order valence-electron chi connectivity index (χ2n) is 24.7. The van der Waals surface area contributed by atoms with Crippen LogP contribution in [0.1, 0.15) is 156 Å². The molecule has 9 heteroatoms. The van der Waals surface area contributed by atoms with E-state index in [1.807, 2.05) is 50.4 Å². The fraction of sp³-hybridized carbons (Fsp3) is 0.655. The van der Waals surface area contributed by atoms with Crippen molar-refractivity contribution >= 4 is 17.8 Å². The highest BCUT2D eigenvalue weighted by molar-refractivity contribution is 5.85. The summed E-state index contributed by atoms with van der Waals surface area (Å²) in [7, 11) is 0. The smallest absolute Gasteiger partial charge is 0.309 e. The van der Waals surface area contributed by atoms with Gasteiger partial charge in [0, 0.05) is 12.0 Å². The summed E-state index contributed by atoms with van der Waals surface area (Å²) in [6.45, 7) is 24.5. The lowest BCUT2D eigenvalue weighted by molar-refractivity contribution is -0.251. The summed E-state index contributed by atoms with van der Waals surface area (Å²) < 4.78 is 26.1. The van der Waals surface area contributed by atoms with Gasteiger partial charge in [-0.2, -0.15) is 0 Å². The van der Waals surface area contributed by atoms with Crippen LogP contribution in [0.3, 0.4) is 0 Å². The van der Waals surface area contributed by atoms with Crippen molar-refractivity contribution in [3.63, 3.8) is 0 Å². The second kappa shape index (κ2) is 16.4. The van der Waals surface area contributed by atoms with E-state index in [2.05, 4.69) is 58.0 Å². The highest BCUT2D eigenvalue weighted by Crippen LogP contribution is 2.78. The molecule has 6 saturated carbocycles. The van der Waals surface area contributed by atoms with Gasteiger partial charge in [-0.1, -0.05) is 91.0 Å². The van der Waals surface area contributed by atoms with Gasteiger partial charge in [-0.15, -0.1) is 0 Å². The number of halogens is 1. The molecule has 1 amide bonds. The third kappa shape index (κ3) is 7.05. The third-order valence-corrected chi connectivity index (χ3v) is 21.3. The summed E-state index contributed by atoms with van der Waals surface area (Å²) in [4.78, 5) is 53.5. The highest BCUT2D eigenvalue weighted by atomic mass is 19.1. The standard InChI is InChI=1S/C58H76FN3O5/c1-35(2)39-23-28-58(52(65)62-31-13-16-44(62)49-60-33-43(61-49)37-17-19-38(59)20-18-37)30-29-56(8)40(48(39)58)21-22-46-55(7)26-25-47(54(5,6)45(55)24-27-57(46,56)9)67-51(64)42-32-41(53(42,3)4)50(63)66-34-36-14-11-10-12-15-36/h10-12,14-15,17-20,33,39-42,44-48H,1,13,16,21-32,34H2,2-9H3,(H,60,61)/t39-,40+,41?,42?,44?,45?,46+,47-,48+,55-,56+,57+,58-/m0/s1. The SMILES string of the molecule is C=C(C)[C@@H]1CC[C@]2(C(=O)N3CCCC3c3ncc(-c4ccc(F)cc4)[nH]3)CC[C@]3(C)[C@H](CC[C@@H]4[C@@]5(C)CC[C@H](OC(=O)C6CC(C(=O)OCc7ccccc7)C6(C)C)C(C)(C)C5CC[C@]43C)[C@@H]12. The minimum atomic E-state index is -0.532. The number of carbonyl (C=O) groups is 3. The molecule has 7 fully saturated rings. The predicted molar refractivity (Wildman–Crippen MR) is 258 cm³/mol. The molecule has 1 N–H and O–H groups in total. The van der Waals surface area contributed by atoms with E-state index < -0.39 is 10.8 Å². The van der Waals surface area contributed by atoms with Crippen molar-refractivity contribution in [3.8, 4) is 11.3 Å². The number of hydrogen-bond donors (Lipinski definition) is 1. The van der Waals surface area contributed by atoms with Crippen LogP contribution in [-0.4, -0.2) is 45.4 Å². The molecule has 3 aromatic rings. The molecule has 2 heterocycles. The second-order valence-corrected chi connectivity index (χ2v) is 24.7. The molecule has 67 heavy (non-hydrogen) atoms. The summed E-state index contributed by atoms with van der Waals surface area (Å²) >= 11 is 0. The Hall–Kier alpha value is -4.27. The average Bonchev–Trinajstić information content (AvgIpc) is 4.07. The summed E-state index contributed by atoms with van der Waals surface area (Å²) in [5.41, 5.74) is 3.07. The maximum Gasteiger partial charge on any atom is 0.309 e. The van der Waals surface area contributed by atoms with Crippen LogP contribution in [0.4, 0.5) is 4.39 Å². The average molecular weight is 914 g/mol. The summed E-state index contributed by atoms with van der Waals surface area (Å²) in [5.74, 6) is 1.83. The first-order valence-electron chi connectivity index (χ1n) is 25.9. The number of aromatic amines is 1. The number of imidazole rings is 1. The van der Waals surface area contributed by atoms with Crippen LogP contribution >= 0.6 is 0 Å². The van der Waals surface area contributed by atoms with Gasteiger partial charge < -0.3 is 19.4 Å². The molecule has 13 atom stereocenters. The number of H-pyrrole nitrogens is 1. The first-order chi connectivity index (χ1) is 31.8. The van der Waals surface area contributed by atoms with Crippen LogP contribution in [0.5, 0.6) is 0 Å². The highest BCUT2D eigenvalue weighted by Gasteiger charge is 2.72. The minimum Gasteiger partial charge on any atom is -0.462 e. The topological polar surface area (TPSA) is 102 Å². The van der Waals surface area contributed by atoms with Crippen LogP contribution in [0.25, 0.3) is 11.3 Å². The number of fused-ring (bicyclic) bond motifs is 7. The summed E-state index contributed by atoms with van der Waals surface area (Å²) in [5, 5.41) is 0. The van der Waals surface area contributed by atoms with Crippen molar-refractivity contribution in [2.24, 2.45) is 73.9 Å². The lowest BCUT2D eigenvalue weighted by atomic mass is 9.32. The maximum atomic E-state index is 15.6. The normalized spacial score (nSPS) is 39.2. The zero-order valence-corrected chi connectivity index (χ0v) is 41.6. The Balaban J connectivity index is 0.848. The Morgan fingerprint density at radius 3 is 2.24 bits per heavy atom. The van der Waals surface area contributed by atoms with Crippen LogP contribution < -0.4 is 0 Å². The largest absolute Gasteiger partial charge is 0.462 e. The van der Waals surface area contributed by atoms with Crippen molar-refractivity contribution in [1.82, 2.24) is 14.9 Å². The maximum absolute atomic E-state index is 15.6. The van der Waals surface area contributed by atoms with Gasteiger partial charge in [-0.25, -0.2) is 9.37 Å². The molecule has 4 unspecified atom stereocenters. The van der Waals surface area contributed by atoms with E-state index in [1.54, 1.807) is 12.1 Å². The van der Waals surface area contributed by atoms with Crippen molar-refractivity contribution in [2.45, 2.75) is 158 Å². The van der Waals surface area contributed by atoms with Gasteiger partial charge in [0.2, 0.25) is 5.91 Å². The zero-order valence-electron chi connectivity index (χ0n) is 41.6. The molecule has 360 valence electrons. The molecule has 10 rings (SSSR count). The van der Waals surface area contributed by atoms with E-state index in [0.717, 1.165) is 106 Å². The molecule has 0 bridgehead atoms. The lowest BCUT2D eigenvalue weighted by Gasteiger charge is -2.73. The molecule has 7 aliphatic rings. The first kappa shape index (κ1) is 46.5. The van der Waals surface area contributed by atoms with Gasteiger partial charge in [-0.3, -0.25) is 14.4 Å². The number of aromatic nitrogens is 2. The number of rotatable bonds is 9. The molecule has 0 spiro atoms. The fourth-order valence-corrected chi connectivity index (χ4v) is 17.3. The number of carbonyl (C=O) groups excluding carboxylic acids is 3. The Kier molecular flexibility index (Phi) is 11.4. The molecule has 6 aliphatic carbocycles. The van der Waals surface area contributed by atoms with E-state index in [1.165, 1.54) is 17.7 Å². The van der Waals surface area contributed by atoms with Gasteiger partial charge in [0.25, 0.3) is 0 Å². The Morgan fingerprint density at radius 2 is 1.52 bits per heavy atom. The molecular formula is C58H76FN3O5. The molecule has 0 radical (unpaired) electrons. The predicted octanol–water partition coefficient (Wildman–Crippen LogP) is 12.9. The molecule has 1 aromatic heterocycles. The number of likely N-dealkylation sites (tertiary alicyclic amines) is 1. The van der Waals surface area contributed by atoms with E-state index in [-0.39, 0.29) is 75.9 Å². The van der Waals surface area contributed by atoms with Gasteiger partial charge in [0.05, 0.1) is 35.2 Å². The van der Waals surface area contributed by atoms with Crippen molar-refractivity contribution in [3.05, 3.63) is 90.2 Å². The molecule has 1 saturated heterocycles. The summed E-state index contributed by atoms with van der Waals surface area (Å²) in [6, 6.07) is 16.1.